The van der Waals surface area contributed by atoms with Crippen LogP contribution in [0.2, 0.25) is 0 Å². The minimum atomic E-state index is -0.393. The molecule has 1 aliphatic heterocycles. The lowest BCUT2D eigenvalue weighted by atomic mass is 10.1. The zero-order valence-electron chi connectivity index (χ0n) is 16.2. The van der Waals surface area contributed by atoms with Crippen molar-refractivity contribution in [3.8, 4) is 0 Å². The predicted octanol–water partition coefficient (Wildman–Crippen LogP) is 1.73. The number of benzene rings is 1. The highest BCUT2D eigenvalue weighted by Crippen LogP contribution is 2.10. The van der Waals surface area contributed by atoms with E-state index in [0.29, 0.717) is 13.1 Å². The first-order valence-corrected chi connectivity index (χ1v) is 9.39. The van der Waals surface area contributed by atoms with Gasteiger partial charge in [0.25, 0.3) is 0 Å². The lowest BCUT2D eigenvalue weighted by Crippen LogP contribution is -2.41. The molecule has 0 saturated carbocycles. The summed E-state index contributed by atoms with van der Waals surface area (Å²) in [5.74, 6) is -1.12. The van der Waals surface area contributed by atoms with E-state index in [-0.39, 0.29) is 24.1 Å². The molecule has 1 heterocycles. The average molecular weight is 380 g/mol. The predicted molar refractivity (Wildman–Crippen MR) is 99.7 cm³/mol. The summed E-state index contributed by atoms with van der Waals surface area (Å²) < 4.78 is 23.2. The number of rotatable bonds is 9. The molecule has 1 fully saturated rings. The number of amides is 1. The van der Waals surface area contributed by atoms with Crippen LogP contribution in [0.15, 0.2) is 24.3 Å². The molecule has 1 aliphatic rings. The second-order valence-corrected chi connectivity index (χ2v) is 6.87. The third-order valence-electron chi connectivity index (χ3n) is 4.73. The van der Waals surface area contributed by atoms with Gasteiger partial charge in [-0.2, -0.15) is 0 Å². The summed E-state index contributed by atoms with van der Waals surface area (Å²) in [6, 6.07) is 5.93. The number of ether oxygens (including phenoxy) is 2. The first-order chi connectivity index (χ1) is 13.0. The molecular weight excluding hydrogens is 351 g/mol. The first kappa shape index (κ1) is 21.3. The quantitative estimate of drug-likeness (QED) is 0.611. The van der Waals surface area contributed by atoms with Gasteiger partial charge < -0.3 is 14.4 Å². The van der Waals surface area contributed by atoms with Crippen molar-refractivity contribution in [2.24, 2.45) is 5.92 Å². The smallest absolute Gasteiger partial charge is 0.310 e. The van der Waals surface area contributed by atoms with Crippen LogP contribution < -0.4 is 0 Å². The minimum absolute atomic E-state index is 0.0701. The molecule has 0 N–H and O–H groups in total. The molecule has 6 nitrogen and oxygen atoms in total. The van der Waals surface area contributed by atoms with E-state index in [1.165, 1.54) is 19.2 Å². The summed E-state index contributed by atoms with van der Waals surface area (Å²) >= 11 is 0. The van der Waals surface area contributed by atoms with Crippen molar-refractivity contribution in [2.45, 2.75) is 19.8 Å². The first-order valence-electron chi connectivity index (χ1n) is 9.39. The Morgan fingerprint density at radius 1 is 1.26 bits per heavy atom. The van der Waals surface area contributed by atoms with Gasteiger partial charge in [-0.05, 0) is 24.1 Å². The Balaban J connectivity index is 1.93. The molecule has 150 valence electrons. The van der Waals surface area contributed by atoms with Crippen LogP contribution >= 0.6 is 0 Å². The zero-order valence-corrected chi connectivity index (χ0v) is 16.2. The fourth-order valence-corrected chi connectivity index (χ4v) is 3.12. The van der Waals surface area contributed by atoms with Gasteiger partial charge >= 0.3 is 5.97 Å². The Morgan fingerprint density at radius 2 is 1.93 bits per heavy atom. The highest BCUT2D eigenvalue weighted by molar-refractivity contribution is 5.80. The number of halogens is 1. The van der Waals surface area contributed by atoms with Crippen molar-refractivity contribution < 1.29 is 23.5 Å². The number of esters is 1. The number of hydrogen-bond donors (Lipinski definition) is 0. The Labute approximate surface area is 160 Å². The van der Waals surface area contributed by atoms with Crippen LogP contribution in [0.1, 0.15) is 18.9 Å². The molecule has 1 aromatic carbocycles. The third kappa shape index (κ3) is 7.27. The lowest BCUT2D eigenvalue weighted by molar-refractivity contribution is -0.146. The molecular formula is C20H29FN2O4. The van der Waals surface area contributed by atoms with Crippen molar-refractivity contribution in [2.75, 3.05) is 53.0 Å². The highest BCUT2D eigenvalue weighted by Gasteiger charge is 2.22. The van der Waals surface area contributed by atoms with Crippen molar-refractivity contribution in [1.29, 1.82) is 0 Å². The number of carbonyl (C=O) groups is 2. The molecule has 0 aliphatic carbocycles. The Morgan fingerprint density at radius 3 is 2.56 bits per heavy atom. The van der Waals surface area contributed by atoms with E-state index in [4.69, 9.17) is 9.47 Å². The van der Waals surface area contributed by atoms with Crippen LogP contribution in [0.5, 0.6) is 0 Å². The second-order valence-electron chi connectivity index (χ2n) is 6.87. The van der Waals surface area contributed by atoms with Gasteiger partial charge in [0, 0.05) is 32.7 Å². The molecule has 1 atom stereocenters. The van der Waals surface area contributed by atoms with Crippen molar-refractivity contribution in [3.63, 3.8) is 0 Å². The molecule has 1 amide bonds. The van der Waals surface area contributed by atoms with Gasteiger partial charge in [0.15, 0.2) is 0 Å². The summed E-state index contributed by atoms with van der Waals surface area (Å²) in [5.41, 5.74) is 0.755. The van der Waals surface area contributed by atoms with E-state index >= 15 is 0 Å². The van der Waals surface area contributed by atoms with Crippen LogP contribution in [0.4, 0.5) is 4.39 Å². The van der Waals surface area contributed by atoms with Gasteiger partial charge in [-0.3, -0.25) is 14.5 Å². The SMILES string of the molecule is COC(=O)C(C)CN(CCCN1CCOCC1)C(=O)Cc1ccc(F)cc1. The van der Waals surface area contributed by atoms with Crippen LogP contribution in [0.25, 0.3) is 0 Å². The van der Waals surface area contributed by atoms with Gasteiger partial charge in [-0.15, -0.1) is 0 Å². The van der Waals surface area contributed by atoms with E-state index in [9.17, 15) is 14.0 Å². The standard InChI is InChI=1S/C20H29FN2O4/c1-16(20(25)26-2)15-23(9-3-8-22-10-12-27-13-11-22)19(24)14-17-4-6-18(21)7-5-17/h4-7,16H,3,8-15H2,1-2H3. The normalized spacial score (nSPS) is 16.0. The van der Waals surface area contributed by atoms with Crippen LogP contribution in [0, 0.1) is 11.7 Å². The molecule has 1 unspecified atom stereocenters. The second kappa shape index (κ2) is 11.0. The van der Waals surface area contributed by atoms with Crippen molar-refractivity contribution in [1.82, 2.24) is 9.80 Å². The zero-order chi connectivity index (χ0) is 19.6. The number of nitrogens with zero attached hydrogens (tertiary/aromatic N) is 2. The van der Waals surface area contributed by atoms with E-state index < -0.39 is 5.92 Å². The molecule has 0 radical (unpaired) electrons. The molecule has 1 aromatic rings. The van der Waals surface area contributed by atoms with E-state index in [1.807, 2.05) is 0 Å². The summed E-state index contributed by atoms with van der Waals surface area (Å²) in [6.45, 7) is 6.82. The van der Waals surface area contributed by atoms with Gasteiger partial charge in [0.2, 0.25) is 5.91 Å². The molecule has 0 aromatic heterocycles. The number of hydrogen-bond acceptors (Lipinski definition) is 5. The topological polar surface area (TPSA) is 59.1 Å². The largest absolute Gasteiger partial charge is 0.469 e. The molecule has 27 heavy (non-hydrogen) atoms. The van der Waals surface area contributed by atoms with E-state index in [1.54, 1.807) is 24.0 Å². The number of carbonyl (C=O) groups excluding carboxylic acids is 2. The average Bonchev–Trinajstić information content (AvgIpc) is 2.69. The summed E-state index contributed by atoms with van der Waals surface area (Å²) in [7, 11) is 1.35. The Hall–Kier alpha value is -1.99. The monoisotopic (exact) mass is 380 g/mol. The van der Waals surface area contributed by atoms with Crippen LogP contribution in [0.3, 0.4) is 0 Å². The van der Waals surface area contributed by atoms with E-state index in [2.05, 4.69) is 4.90 Å². The Kier molecular flexibility index (Phi) is 8.67. The number of morpholine rings is 1. The van der Waals surface area contributed by atoms with Crippen molar-refractivity contribution in [3.05, 3.63) is 35.6 Å². The number of methoxy groups -OCH3 is 1. The molecule has 0 spiro atoms. The maximum atomic E-state index is 13.1. The fraction of sp³-hybridized carbons (Fsp3) is 0.600. The van der Waals surface area contributed by atoms with E-state index in [0.717, 1.165) is 44.8 Å². The molecule has 7 heteroatoms. The van der Waals surface area contributed by atoms with Gasteiger partial charge in [-0.1, -0.05) is 19.1 Å². The van der Waals surface area contributed by atoms with Gasteiger partial charge in [-0.25, -0.2) is 4.39 Å². The minimum Gasteiger partial charge on any atom is -0.469 e. The van der Waals surface area contributed by atoms with Crippen LogP contribution in [-0.4, -0.2) is 74.7 Å². The van der Waals surface area contributed by atoms with Crippen LogP contribution in [-0.2, 0) is 25.5 Å². The van der Waals surface area contributed by atoms with Crippen molar-refractivity contribution >= 4 is 11.9 Å². The maximum Gasteiger partial charge on any atom is 0.310 e. The molecule has 1 saturated heterocycles. The van der Waals surface area contributed by atoms with Gasteiger partial charge in [0.1, 0.15) is 5.82 Å². The molecule has 0 bridgehead atoms. The maximum absolute atomic E-state index is 13.1. The fourth-order valence-electron chi connectivity index (χ4n) is 3.12. The Bertz CT molecular complexity index is 603. The summed E-state index contributed by atoms with van der Waals surface area (Å²) in [4.78, 5) is 28.6. The third-order valence-corrected chi connectivity index (χ3v) is 4.73. The van der Waals surface area contributed by atoms with Gasteiger partial charge in [0.05, 0.1) is 32.7 Å². The highest BCUT2D eigenvalue weighted by atomic mass is 19.1. The molecule has 2 rings (SSSR count). The summed E-state index contributed by atoms with van der Waals surface area (Å²) in [5, 5.41) is 0. The lowest BCUT2D eigenvalue weighted by Gasteiger charge is -2.29. The summed E-state index contributed by atoms with van der Waals surface area (Å²) in [6.07, 6.45) is 1.01.